The van der Waals surface area contributed by atoms with E-state index in [4.69, 9.17) is 18.4 Å². The van der Waals surface area contributed by atoms with Crippen LogP contribution < -0.4 is 14.8 Å². The number of carbonyl (C=O) groups excluding carboxylic acids is 1. The second kappa shape index (κ2) is 6.91. The molecule has 0 saturated heterocycles. The third-order valence-corrected chi connectivity index (χ3v) is 3.18. The second-order valence-corrected chi connectivity index (χ2v) is 5.01. The summed E-state index contributed by atoms with van der Waals surface area (Å²) in [7, 11) is 1.59. The lowest BCUT2D eigenvalue weighted by atomic mass is 10.3. The lowest BCUT2D eigenvalue weighted by Gasteiger charge is -2.06. The summed E-state index contributed by atoms with van der Waals surface area (Å²) in [5, 5.41) is 6.28. The number of furan rings is 1. The Morgan fingerprint density at radius 1 is 1.21 bits per heavy atom. The molecule has 1 aromatic carbocycles. The zero-order valence-electron chi connectivity index (χ0n) is 13.2. The zero-order valence-corrected chi connectivity index (χ0v) is 13.2. The smallest absolute Gasteiger partial charge is 0.292 e. The highest BCUT2D eigenvalue weighted by atomic mass is 16.5. The third-order valence-electron chi connectivity index (χ3n) is 3.18. The molecule has 0 atom stereocenters. The normalized spacial score (nSPS) is 10.4. The van der Waals surface area contributed by atoms with E-state index in [0.717, 1.165) is 0 Å². The predicted molar refractivity (Wildman–Crippen MR) is 85.2 cm³/mol. The molecular weight excluding hydrogens is 312 g/mol. The molecule has 0 bridgehead atoms. The highest BCUT2D eigenvalue weighted by Gasteiger charge is 2.13. The van der Waals surface area contributed by atoms with Gasteiger partial charge in [-0.1, -0.05) is 11.2 Å². The molecule has 2 heterocycles. The molecule has 124 valence electrons. The molecule has 2 aromatic heterocycles. The van der Waals surface area contributed by atoms with Crippen LogP contribution >= 0.6 is 0 Å². The number of ether oxygens (including phenoxy) is 2. The van der Waals surface area contributed by atoms with E-state index in [-0.39, 0.29) is 12.4 Å². The van der Waals surface area contributed by atoms with Crippen LogP contribution in [0.2, 0.25) is 0 Å². The van der Waals surface area contributed by atoms with E-state index in [9.17, 15) is 4.79 Å². The standard InChI is InChI=1S/C17H16N2O5/c1-11-8-16(19-24-11)18-17(20)15-7-6-14(23-15)10-22-13-5-3-4-12(9-13)21-2/h3-9H,10H2,1-2H3,(H,18,19,20). The molecule has 3 aromatic rings. The number of hydrogen-bond acceptors (Lipinski definition) is 6. The Labute approximate surface area is 138 Å². The van der Waals surface area contributed by atoms with Crippen LogP contribution in [-0.4, -0.2) is 18.2 Å². The largest absolute Gasteiger partial charge is 0.497 e. The predicted octanol–water partition coefficient (Wildman–Crippen LogP) is 3.42. The quantitative estimate of drug-likeness (QED) is 0.746. The van der Waals surface area contributed by atoms with Gasteiger partial charge < -0.3 is 23.7 Å². The van der Waals surface area contributed by atoms with Gasteiger partial charge in [0.15, 0.2) is 11.6 Å². The molecule has 7 nitrogen and oxygen atoms in total. The number of methoxy groups -OCH3 is 1. The number of hydrogen-bond donors (Lipinski definition) is 1. The Morgan fingerprint density at radius 3 is 2.79 bits per heavy atom. The summed E-state index contributed by atoms with van der Waals surface area (Å²) in [6.07, 6.45) is 0. The lowest BCUT2D eigenvalue weighted by Crippen LogP contribution is -2.11. The van der Waals surface area contributed by atoms with E-state index >= 15 is 0 Å². The van der Waals surface area contributed by atoms with Crippen LogP contribution in [-0.2, 0) is 6.61 Å². The van der Waals surface area contributed by atoms with Gasteiger partial charge in [0.1, 0.15) is 29.6 Å². The van der Waals surface area contributed by atoms with Crippen LogP contribution in [0.4, 0.5) is 5.82 Å². The van der Waals surface area contributed by atoms with Gasteiger partial charge in [0.2, 0.25) is 0 Å². The van der Waals surface area contributed by atoms with Crippen molar-refractivity contribution in [1.29, 1.82) is 0 Å². The monoisotopic (exact) mass is 328 g/mol. The van der Waals surface area contributed by atoms with Gasteiger partial charge in [-0.15, -0.1) is 0 Å². The number of benzene rings is 1. The molecular formula is C17H16N2O5. The molecule has 0 aliphatic carbocycles. The molecule has 0 unspecified atom stereocenters. The molecule has 3 rings (SSSR count). The van der Waals surface area contributed by atoms with Crippen molar-refractivity contribution in [3.8, 4) is 11.5 Å². The summed E-state index contributed by atoms with van der Waals surface area (Å²) in [5.41, 5.74) is 0. The van der Waals surface area contributed by atoms with Crippen molar-refractivity contribution in [3.63, 3.8) is 0 Å². The van der Waals surface area contributed by atoms with Crippen molar-refractivity contribution in [2.75, 3.05) is 12.4 Å². The number of aromatic nitrogens is 1. The van der Waals surface area contributed by atoms with Gasteiger partial charge in [-0.2, -0.15) is 0 Å². The topological polar surface area (TPSA) is 86.7 Å². The number of anilines is 1. The van der Waals surface area contributed by atoms with Crippen molar-refractivity contribution in [2.45, 2.75) is 13.5 Å². The molecule has 0 radical (unpaired) electrons. The molecule has 0 aliphatic rings. The first kappa shape index (κ1) is 15.7. The zero-order chi connectivity index (χ0) is 16.9. The van der Waals surface area contributed by atoms with Gasteiger partial charge in [0.05, 0.1) is 7.11 Å². The fraction of sp³-hybridized carbons (Fsp3) is 0.176. The lowest BCUT2D eigenvalue weighted by molar-refractivity contribution is 0.0991. The average Bonchev–Trinajstić information content (AvgIpc) is 3.22. The van der Waals surface area contributed by atoms with Crippen molar-refractivity contribution in [3.05, 3.63) is 59.7 Å². The Hall–Kier alpha value is -3.22. The van der Waals surface area contributed by atoms with Crippen molar-refractivity contribution in [2.24, 2.45) is 0 Å². The Morgan fingerprint density at radius 2 is 2.04 bits per heavy atom. The van der Waals surface area contributed by atoms with Crippen LogP contribution in [0.25, 0.3) is 0 Å². The van der Waals surface area contributed by atoms with Crippen LogP contribution in [0.1, 0.15) is 22.1 Å². The first-order chi connectivity index (χ1) is 11.6. The molecule has 1 amide bonds. The van der Waals surface area contributed by atoms with Crippen molar-refractivity contribution < 1.29 is 23.2 Å². The van der Waals surface area contributed by atoms with Crippen LogP contribution in [0.15, 0.2) is 51.4 Å². The minimum Gasteiger partial charge on any atom is -0.497 e. The maximum Gasteiger partial charge on any atom is 0.292 e. The third kappa shape index (κ3) is 3.75. The Kier molecular flexibility index (Phi) is 4.51. The maximum atomic E-state index is 12.1. The van der Waals surface area contributed by atoms with Gasteiger partial charge in [-0.05, 0) is 31.2 Å². The summed E-state index contributed by atoms with van der Waals surface area (Å²) in [6.45, 7) is 1.94. The molecule has 0 spiro atoms. The first-order valence-electron chi connectivity index (χ1n) is 7.24. The van der Waals surface area contributed by atoms with E-state index in [2.05, 4.69) is 10.5 Å². The van der Waals surface area contributed by atoms with Crippen molar-refractivity contribution >= 4 is 11.7 Å². The van der Waals surface area contributed by atoms with E-state index in [1.165, 1.54) is 0 Å². The van der Waals surface area contributed by atoms with E-state index in [1.807, 2.05) is 18.2 Å². The van der Waals surface area contributed by atoms with E-state index in [0.29, 0.717) is 28.8 Å². The molecule has 0 fully saturated rings. The van der Waals surface area contributed by atoms with Gasteiger partial charge in [-0.25, -0.2) is 0 Å². The number of carbonyl (C=O) groups is 1. The molecule has 1 N–H and O–H groups in total. The van der Waals surface area contributed by atoms with Crippen LogP contribution in [0, 0.1) is 6.92 Å². The second-order valence-electron chi connectivity index (χ2n) is 5.01. The summed E-state index contributed by atoms with van der Waals surface area (Å²) >= 11 is 0. The minimum atomic E-state index is -0.407. The van der Waals surface area contributed by atoms with Gasteiger partial charge in [0, 0.05) is 12.1 Å². The molecule has 24 heavy (non-hydrogen) atoms. The number of nitrogens with zero attached hydrogens (tertiary/aromatic N) is 1. The Balaban J connectivity index is 1.59. The van der Waals surface area contributed by atoms with Crippen LogP contribution in [0.3, 0.4) is 0 Å². The minimum absolute atomic E-state index is 0.167. The summed E-state index contributed by atoms with van der Waals surface area (Å²) in [4.78, 5) is 12.1. The maximum absolute atomic E-state index is 12.1. The number of aryl methyl sites for hydroxylation is 1. The molecule has 7 heteroatoms. The van der Waals surface area contributed by atoms with E-state index < -0.39 is 5.91 Å². The summed E-state index contributed by atoms with van der Waals surface area (Å²) in [5.74, 6) is 2.58. The molecule has 0 saturated carbocycles. The van der Waals surface area contributed by atoms with E-state index in [1.54, 1.807) is 38.3 Å². The van der Waals surface area contributed by atoms with Gasteiger partial charge in [-0.3, -0.25) is 4.79 Å². The van der Waals surface area contributed by atoms with Crippen LogP contribution in [0.5, 0.6) is 11.5 Å². The SMILES string of the molecule is COc1cccc(OCc2ccc(C(=O)Nc3cc(C)on3)o2)c1. The number of rotatable bonds is 6. The Bertz CT molecular complexity index is 837. The summed E-state index contributed by atoms with van der Waals surface area (Å²) in [6, 6.07) is 12.1. The summed E-state index contributed by atoms with van der Waals surface area (Å²) < 4.78 is 21.1. The highest BCUT2D eigenvalue weighted by molar-refractivity contribution is 6.01. The first-order valence-corrected chi connectivity index (χ1v) is 7.24. The number of nitrogens with one attached hydrogen (secondary N) is 1. The molecule has 0 aliphatic heterocycles. The van der Waals surface area contributed by atoms with Crippen molar-refractivity contribution in [1.82, 2.24) is 5.16 Å². The van der Waals surface area contributed by atoms with Gasteiger partial charge in [0.25, 0.3) is 5.91 Å². The average molecular weight is 328 g/mol. The number of amides is 1. The fourth-order valence-electron chi connectivity index (χ4n) is 2.03. The van der Waals surface area contributed by atoms with Gasteiger partial charge >= 0.3 is 0 Å². The highest BCUT2D eigenvalue weighted by Crippen LogP contribution is 2.20. The fourth-order valence-corrected chi connectivity index (χ4v) is 2.03.